The molecule has 1 amide bonds. The Morgan fingerprint density at radius 3 is 2.37 bits per heavy atom. The lowest BCUT2D eigenvalue weighted by Gasteiger charge is -2.03. The second-order valence-electron chi connectivity index (χ2n) is 5.69. The summed E-state index contributed by atoms with van der Waals surface area (Å²) in [6, 6.07) is 3.78. The topological polar surface area (TPSA) is 165 Å². The van der Waals surface area contributed by atoms with Crippen molar-refractivity contribution in [1.82, 2.24) is 5.32 Å². The molecule has 0 saturated heterocycles. The van der Waals surface area contributed by atoms with E-state index in [0.717, 1.165) is 39.3 Å². The number of amides is 1. The summed E-state index contributed by atoms with van der Waals surface area (Å²) in [7, 11) is 0. The van der Waals surface area contributed by atoms with E-state index in [1.54, 1.807) is 0 Å². The molecular formula is C18H29N3O6. The standard InChI is InChI=1S/C10H10O5.C8H19N3O/c1-6(11)15-10(14)5-7-4-8(12)2-3-9(7)13;9-5-2-1-3-7-11-8(12)4-6-10/h2-4,12-13H,5H2,1H3;1-7,9-10H2,(H,11,12). The maximum absolute atomic E-state index is 11.1. The number of phenols is 2. The SMILES string of the molecule is CC(=O)OC(=O)Cc1cc(O)ccc1O.NCCCCCNC(=O)CCN. The van der Waals surface area contributed by atoms with Gasteiger partial charge in [0.1, 0.15) is 11.5 Å². The molecule has 0 aliphatic carbocycles. The predicted octanol–water partition coefficient (Wildman–Crippen LogP) is 0.310. The molecule has 0 aliphatic rings. The molecule has 9 heteroatoms. The quantitative estimate of drug-likeness (QED) is 0.176. The van der Waals surface area contributed by atoms with Crippen LogP contribution in [0.4, 0.5) is 0 Å². The summed E-state index contributed by atoms with van der Waals surface area (Å²) < 4.78 is 4.28. The van der Waals surface area contributed by atoms with Gasteiger partial charge in [0.25, 0.3) is 0 Å². The lowest BCUT2D eigenvalue weighted by Crippen LogP contribution is -2.26. The number of esters is 2. The first-order valence-corrected chi connectivity index (χ1v) is 8.69. The third-order valence-corrected chi connectivity index (χ3v) is 3.23. The van der Waals surface area contributed by atoms with Crippen LogP contribution in [0.25, 0.3) is 0 Å². The van der Waals surface area contributed by atoms with E-state index in [0.29, 0.717) is 13.0 Å². The van der Waals surface area contributed by atoms with E-state index >= 15 is 0 Å². The Kier molecular flexibility index (Phi) is 13.1. The number of hydrogen-bond acceptors (Lipinski definition) is 8. The summed E-state index contributed by atoms with van der Waals surface area (Å²) in [5.41, 5.74) is 10.7. The summed E-state index contributed by atoms with van der Waals surface area (Å²) in [5.74, 6) is -1.64. The van der Waals surface area contributed by atoms with Gasteiger partial charge >= 0.3 is 11.9 Å². The highest BCUT2D eigenvalue weighted by Crippen LogP contribution is 2.22. The summed E-state index contributed by atoms with van der Waals surface area (Å²) in [6.45, 7) is 3.02. The van der Waals surface area contributed by atoms with Gasteiger partial charge in [-0.25, -0.2) is 0 Å². The Bertz CT molecular complexity index is 607. The van der Waals surface area contributed by atoms with E-state index in [1.807, 2.05) is 0 Å². The van der Waals surface area contributed by atoms with E-state index in [4.69, 9.17) is 16.6 Å². The minimum atomic E-state index is -0.775. The fourth-order valence-electron chi connectivity index (χ4n) is 1.96. The average molecular weight is 383 g/mol. The predicted molar refractivity (Wildman–Crippen MR) is 99.8 cm³/mol. The molecule has 152 valence electrons. The monoisotopic (exact) mass is 383 g/mol. The molecule has 1 aromatic rings. The molecule has 0 unspecified atom stereocenters. The lowest BCUT2D eigenvalue weighted by atomic mass is 10.1. The zero-order chi connectivity index (χ0) is 20.7. The minimum Gasteiger partial charge on any atom is -0.508 e. The summed E-state index contributed by atoms with van der Waals surface area (Å²) in [5, 5.41) is 21.2. The van der Waals surface area contributed by atoms with Crippen molar-refractivity contribution >= 4 is 17.8 Å². The van der Waals surface area contributed by atoms with Crippen molar-refractivity contribution in [2.24, 2.45) is 11.5 Å². The third-order valence-electron chi connectivity index (χ3n) is 3.23. The highest BCUT2D eigenvalue weighted by Gasteiger charge is 2.11. The fraction of sp³-hybridized carbons (Fsp3) is 0.500. The van der Waals surface area contributed by atoms with Crippen LogP contribution in [-0.4, -0.2) is 47.7 Å². The number of phenolic OH excluding ortho intramolecular Hbond substituents is 2. The summed E-state index contributed by atoms with van der Waals surface area (Å²) in [4.78, 5) is 32.4. The zero-order valence-corrected chi connectivity index (χ0v) is 15.6. The first-order valence-electron chi connectivity index (χ1n) is 8.69. The Balaban J connectivity index is 0.000000516. The van der Waals surface area contributed by atoms with Gasteiger partial charge < -0.3 is 31.7 Å². The molecule has 0 atom stereocenters. The lowest BCUT2D eigenvalue weighted by molar-refractivity contribution is -0.157. The van der Waals surface area contributed by atoms with E-state index in [9.17, 15) is 19.5 Å². The van der Waals surface area contributed by atoms with Crippen LogP contribution in [0, 0.1) is 0 Å². The van der Waals surface area contributed by atoms with Crippen molar-refractivity contribution < 1.29 is 29.3 Å². The maximum Gasteiger partial charge on any atom is 0.318 e. The molecule has 0 saturated carbocycles. The molecule has 0 aromatic heterocycles. The van der Waals surface area contributed by atoms with E-state index in [-0.39, 0.29) is 29.4 Å². The number of nitrogens with one attached hydrogen (secondary N) is 1. The summed E-state index contributed by atoms with van der Waals surface area (Å²) >= 11 is 0. The van der Waals surface area contributed by atoms with Crippen LogP contribution in [0.5, 0.6) is 11.5 Å². The van der Waals surface area contributed by atoms with Crippen LogP contribution in [0.15, 0.2) is 18.2 Å². The first-order chi connectivity index (χ1) is 12.8. The van der Waals surface area contributed by atoms with Crippen LogP contribution in [0.3, 0.4) is 0 Å². The van der Waals surface area contributed by atoms with Crippen molar-refractivity contribution in [3.8, 4) is 11.5 Å². The largest absolute Gasteiger partial charge is 0.508 e. The molecule has 0 fully saturated rings. The van der Waals surface area contributed by atoms with Gasteiger partial charge in [0, 0.05) is 32.0 Å². The fourth-order valence-corrected chi connectivity index (χ4v) is 1.96. The van der Waals surface area contributed by atoms with Gasteiger partial charge in [0.2, 0.25) is 5.91 Å². The number of carbonyl (C=O) groups is 3. The number of benzene rings is 1. The Morgan fingerprint density at radius 1 is 1.07 bits per heavy atom. The zero-order valence-electron chi connectivity index (χ0n) is 15.6. The molecule has 0 spiro atoms. The number of nitrogens with two attached hydrogens (primary N) is 2. The van der Waals surface area contributed by atoms with Crippen LogP contribution in [-0.2, 0) is 25.5 Å². The Hall–Kier alpha value is -2.65. The first kappa shape index (κ1) is 24.4. The van der Waals surface area contributed by atoms with Gasteiger partial charge in [-0.3, -0.25) is 14.4 Å². The van der Waals surface area contributed by atoms with Gasteiger partial charge in [0.05, 0.1) is 6.42 Å². The number of carbonyl (C=O) groups excluding carboxylic acids is 3. The molecule has 0 radical (unpaired) electrons. The van der Waals surface area contributed by atoms with Gasteiger partial charge in [-0.05, 0) is 37.6 Å². The second-order valence-corrected chi connectivity index (χ2v) is 5.69. The Labute approximate surface area is 158 Å². The van der Waals surface area contributed by atoms with E-state index in [2.05, 4.69) is 10.1 Å². The molecule has 0 bridgehead atoms. The second kappa shape index (κ2) is 14.5. The number of hydrogen-bond donors (Lipinski definition) is 5. The van der Waals surface area contributed by atoms with Crippen molar-refractivity contribution in [3.05, 3.63) is 23.8 Å². The molecule has 27 heavy (non-hydrogen) atoms. The van der Waals surface area contributed by atoms with Crippen molar-refractivity contribution in [3.63, 3.8) is 0 Å². The van der Waals surface area contributed by atoms with E-state index in [1.165, 1.54) is 18.2 Å². The molecule has 0 heterocycles. The van der Waals surface area contributed by atoms with Gasteiger partial charge in [-0.2, -0.15) is 0 Å². The normalized spacial score (nSPS) is 9.74. The maximum atomic E-state index is 11.1. The average Bonchev–Trinajstić information content (AvgIpc) is 2.58. The van der Waals surface area contributed by atoms with Crippen LogP contribution in [0.1, 0.15) is 38.2 Å². The van der Waals surface area contributed by atoms with Crippen molar-refractivity contribution in [2.45, 2.75) is 39.0 Å². The summed E-state index contributed by atoms with van der Waals surface area (Å²) in [6.07, 6.45) is 3.29. The van der Waals surface area contributed by atoms with Crippen LogP contribution < -0.4 is 16.8 Å². The van der Waals surface area contributed by atoms with Gasteiger partial charge in [0.15, 0.2) is 0 Å². The van der Waals surface area contributed by atoms with Crippen molar-refractivity contribution in [2.75, 3.05) is 19.6 Å². The third kappa shape index (κ3) is 13.2. The molecule has 1 aromatic carbocycles. The number of ether oxygens (including phenoxy) is 1. The number of unbranched alkanes of at least 4 members (excludes halogenated alkanes) is 2. The molecule has 7 N–H and O–H groups in total. The van der Waals surface area contributed by atoms with E-state index < -0.39 is 11.9 Å². The van der Waals surface area contributed by atoms with Gasteiger partial charge in [-0.15, -0.1) is 0 Å². The van der Waals surface area contributed by atoms with Crippen molar-refractivity contribution in [1.29, 1.82) is 0 Å². The van der Waals surface area contributed by atoms with Crippen LogP contribution >= 0.6 is 0 Å². The molecule has 1 rings (SSSR count). The smallest absolute Gasteiger partial charge is 0.318 e. The number of aromatic hydroxyl groups is 2. The number of rotatable bonds is 9. The molecular weight excluding hydrogens is 354 g/mol. The highest BCUT2D eigenvalue weighted by molar-refractivity contribution is 5.85. The minimum absolute atomic E-state index is 0.0465. The van der Waals surface area contributed by atoms with Crippen LogP contribution in [0.2, 0.25) is 0 Å². The van der Waals surface area contributed by atoms with Gasteiger partial charge in [-0.1, -0.05) is 6.42 Å². The Morgan fingerprint density at radius 2 is 1.78 bits per heavy atom. The molecule has 9 nitrogen and oxygen atoms in total. The highest BCUT2D eigenvalue weighted by atomic mass is 16.6. The molecule has 0 aliphatic heterocycles.